The highest BCUT2D eigenvalue weighted by molar-refractivity contribution is 5.11. The summed E-state index contributed by atoms with van der Waals surface area (Å²) in [6, 6.07) is 0. The third-order valence-corrected chi connectivity index (χ3v) is 2.58. The molecule has 0 unspecified atom stereocenters. The first-order valence-corrected chi connectivity index (χ1v) is 4.84. The van der Waals surface area contributed by atoms with Crippen molar-refractivity contribution in [2.75, 3.05) is 13.1 Å². The lowest BCUT2D eigenvalue weighted by molar-refractivity contribution is -0.136. The molecule has 0 saturated carbocycles. The number of nitrogens with zero attached hydrogens (tertiary/aromatic N) is 2. The van der Waals surface area contributed by atoms with E-state index >= 15 is 0 Å². The summed E-state index contributed by atoms with van der Waals surface area (Å²) < 4.78 is 37.7. The van der Waals surface area contributed by atoms with E-state index in [0.29, 0.717) is 5.92 Å². The summed E-state index contributed by atoms with van der Waals surface area (Å²) in [6.45, 7) is 1.63. The maximum Gasteiger partial charge on any atom is 0.390 e. The molecule has 1 N–H and O–H groups in total. The van der Waals surface area contributed by atoms with E-state index in [1.807, 2.05) is 0 Å². The Kier molecular flexibility index (Phi) is 2.68. The lowest BCUT2D eigenvalue weighted by Gasteiger charge is -2.27. The molecule has 0 aromatic carbocycles. The van der Waals surface area contributed by atoms with E-state index in [-0.39, 0.29) is 6.54 Å². The van der Waals surface area contributed by atoms with Gasteiger partial charge in [0.2, 0.25) is 0 Å². The van der Waals surface area contributed by atoms with Crippen LogP contribution in [0.15, 0.2) is 12.5 Å². The van der Waals surface area contributed by atoms with Crippen molar-refractivity contribution in [1.82, 2.24) is 14.9 Å². The van der Waals surface area contributed by atoms with Gasteiger partial charge in [0.25, 0.3) is 0 Å². The molecule has 2 heterocycles. The summed E-state index contributed by atoms with van der Waals surface area (Å²) in [5.74, 6) is 0.320. The van der Waals surface area contributed by atoms with Crippen molar-refractivity contribution in [3.05, 3.63) is 18.2 Å². The minimum absolute atomic E-state index is 0.0324. The zero-order chi connectivity index (χ0) is 10.9. The van der Waals surface area contributed by atoms with Crippen LogP contribution in [0, 0.1) is 0 Å². The Morgan fingerprint density at radius 3 is 2.73 bits per heavy atom. The van der Waals surface area contributed by atoms with Gasteiger partial charge in [-0.25, -0.2) is 4.98 Å². The zero-order valence-electron chi connectivity index (χ0n) is 8.09. The first-order chi connectivity index (χ1) is 7.06. The fraction of sp³-hybridized carbons (Fsp3) is 0.667. The molecule has 1 aliphatic heterocycles. The Morgan fingerprint density at radius 2 is 2.20 bits per heavy atom. The van der Waals surface area contributed by atoms with Gasteiger partial charge in [0.05, 0.1) is 12.7 Å². The van der Waals surface area contributed by atoms with E-state index in [4.69, 9.17) is 0 Å². The van der Waals surface area contributed by atoms with Crippen LogP contribution in [0.25, 0.3) is 0 Å². The van der Waals surface area contributed by atoms with Crippen LogP contribution in [0.1, 0.15) is 18.0 Å². The predicted octanol–water partition coefficient (Wildman–Crippen LogP) is 1.52. The van der Waals surface area contributed by atoms with Crippen LogP contribution in [-0.4, -0.2) is 28.8 Å². The van der Waals surface area contributed by atoms with Gasteiger partial charge in [-0.2, -0.15) is 13.2 Å². The Balaban J connectivity index is 1.98. The number of halogens is 3. The number of aromatic nitrogens is 2. The molecule has 0 atom stereocenters. The number of hydrogen-bond donors (Lipinski definition) is 1. The zero-order valence-corrected chi connectivity index (χ0v) is 8.09. The summed E-state index contributed by atoms with van der Waals surface area (Å²) in [5, 5.41) is 3.09. The molecular formula is C9H12F3N3. The van der Waals surface area contributed by atoms with Gasteiger partial charge in [-0.15, -0.1) is 0 Å². The topological polar surface area (TPSA) is 29.9 Å². The van der Waals surface area contributed by atoms with E-state index in [2.05, 4.69) is 10.3 Å². The summed E-state index contributed by atoms with van der Waals surface area (Å²) in [7, 11) is 0. The van der Waals surface area contributed by atoms with E-state index in [1.165, 1.54) is 6.33 Å². The number of nitrogens with one attached hydrogen (secondary N) is 1. The van der Waals surface area contributed by atoms with Crippen molar-refractivity contribution in [3.8, 4) is 0 Å². The Hall–Kier alpha value is -1.04. The van der Waals surface area contributed by atoms with Crippen LogP contribution >= 0.6 is 0 Å². The lowest BCUT2D eigenvalue weighted by Crippen LogP contribution is -2.41. The fourth-order valence-electron chi connectivity index (χ4n) is 1.60. The Bertz CT molecular complexity index is 328. The molecule has 0 radical (unpaired) electrons. The molecule has 1 fully saturated rings. The Morgan fingerprint density at radius 1 is 1.47 bits per heavy atom. The standard InChI is InChI=1S/C9H12F3N3/c10-9(11,12)1-2-15-6-14-5-8(15)7-3-13-4-7/h5-7,13H,1-4H2. The molecule has 3 nitrogen and oxygen atoms in total. The third-order valence-electron chi connectivity index (χ3n) is 2.58. The van der Waals surface area contributed by atoms with E-state index in [9.17, 15) is 13.2 Å². The minimum Gasteiger partial charge on any atom is -0.334 e. The average molecular weight is 219 g/mol. The molecule has 0 bridgehead atoms. The minimum atomic E-state index is -4.10. The van der Waals surface area contributed by atoms with Crippen molar-refractivity contribution in [2.45, 2.75) is 25.1 Å². The van der Waals surface area contributed by atoms with Gasteiger partial charge in [0.15, 0.2) is 0 Å². The average Bonchev–Trinajstić information content (AvgIpc) is 2.44. The first kappa shape index (κ1) is 10.5. The molecular weight excluding hydrogens is 207 g/mol. The van der Waals surface area contributed by atoms with Crippen molar-refractivity contribution in [2.24, 2.45) is 0 Å². The summed E-state index contributed by atoms with van der Waals surface area (Å²) in [5.41, 5.74) is 0.901. The maximum absolute atomic E-state index is 12.0. The highest BCUT2D eigenvalue weighted by atomic mass is 19.4. The van der Waals surface area contributed by atoms with Gasteiger partial charge in [-0.1, -0.05) is 0 Å². The number of alkyl halides is 3. The highest BCUT2D eigenvalue weighted by Gasteiger charge is 2.28. The molecule has 0 amide bonds. The van der Waals surface area contributed by atoms with Gasteiger partial charge in [0, 0.05) is 37.4 Å². The molecule has 6 heteroatoms. The fourth-order valence-corrected chi connectivity index (χ4v) is 1.60. The smallest absolute Gasteiger partial charge is 0.334 e. The van der Waals surface area contributed by atoms with Gasteiger partial charge in [-0.3, -0.25) is 0 Å². The lowest BCUT2D eigenvalue weighted by atomic mass is 10.00. The van der Waals surface area contributed by atoms with Gasteiger partial charge >= 0.3 is 6.18 Å². The maximum atomic E-state index is 12.0. The number of hydrogen-bond acceptors (Lipinski definition) is 2. The molecule has 1 aliphatic rings. The summed E-state index contributed by atoms with van der Waals surface area (Å²) >= 11 is 0. The monoisotopic (exact) mass is 219 g/mol. The number of rotatable bonds is 3. The largest absolute Gasteiger partial charge is 0.390 e. The summed E-state index contributed by atoms with van der Waals surface area (Å²) in [6.07, 6.45) is -1.77. The molecule has 1 aromatic heterocycles. The molecule has 84 valence electrons. The molecule has 0 aliphatic carbocycles. The van der Waals surface area contributed by atoms with Crippen LogP contribution in [0.3, 0.4) is 0 Å². The van der Waals surface area contributed by atoms with Crippen LogP contribution in [0.5, 0.6) is 0 Å². The van der Waals surface area contributed by atoms with Gasteiger partial charge in [0.1, 0.15) is 0 Å². The summed E-state index contributed by atoms with van der Waals surface area (Å²) in [4.78, 5) is 3.89. The molecule has 15 heavy (non-hydrogen) atoms. The number of aryl methyl sites for hydroxylation is 1. The third kappa shape index (κ3) is 2.50. The molecule has 2 rings (SSSR count). The quantitative estimate of drug-likeness (QED) is 0.835. The Labute approximate surface area is 85.3 Å². The predicted molar refractivity (Wildman–Crippen MR) is 48.5 cm³/mol. The number of imidazole rings is 1. The van der Waals surface area contributed by atoms with Crippen molar-refractivity contribution < 1.29 is 13.2 Å². The molecule has 1 aromatic rings. The van der Waals surface area contributed by atoms with Gasteiger partial charge in [-0.05, 0) is 0 Å². The van der Waals surface area contributed by atoms with Crippen molar-refractivity contribution in [1.29, 1.82) is 0 Å². The first-order valence-electron chi connectivity index (χ1n) is 4.84. The highest BCUT2D eigenvalue weighted by Crippen LogP contribution is 2.23. The van der Waals surface area contributed by atoms with Crippen LogP contribution in [0.4, 0.5) is 13.2 Å². The van der Waals surface area contributed by atoms with Crippen molar-refractivity contribution >= 4 is 0 Å². The molecule has 0 spiro atoms. The second-order valence-electron chi connectivity index (χ2n) is 3.73. The van der Waals surface area contributed by atoms with Gasteiger partial charge < -0.3 is 9.88 Å². The van der Waals surface area contributed by atoms with Crippen LogP contribution < -0.4 is 5.32 Å². The molecule has 1 saturated heterocycles. The normalized spacial score (nSPS) is 17.8. The van der Waals surface area contributed by atoms with E-state index in [1.54, 1.807) is 10.8 Å². The SMILES string of the molecule is FC(F)(F)CCn1cncc1C1CNC1. The van der Waals surface area contributed by atoms with E-state index < -0.39 is 12.6 Å². The van der Waals surface area contributed by atoms with Crippen LogP contribution in [-0.2, 0) is 6.54 Å². The van der Waals surface area contributed by atoms with E-state index in [0.717, 1.165) is 18.8 Å². The van der Waals surface area contributed by atoms with Crippen LogP contribution in [0.2, 0.25) is 0 Å². The van der Waals surface area contributed by atoms with Crippen molar-refractivity contribution in [3.63, 3.8) is 0 Å². The second kappa shape index (κ2) is 3.84. The second-order valence-corrected chi connectivity index (χ2v) is 3.73.